The molecule has 0 radical (unpaired) electrons. The third-order valence-electron chi connectivity index (χ3n) is 2.81. The maximum atomic E-state index is 13.6. The van der Waals surface area contributed by atoms with Gasteiger partial charge >= 0.3 is 5.69 Å². The predicted molar refractivity (Wildman–Crippen MR) is 76.3 cm³/mol. The van der Waals surface area contributed by atoms with Gasteiger partial charge in [0.15, 0.2) is 0 Å². The van der Waals surface area contributed by atoms with Crippen LogP contribution in [0.25, 0.3) is 0 Å². The molecule has 104 valence electrons. The van der Waals surface area contributed by atoms with Gasteiger partial charge in [0, 0.05) is 5.56 Å². The van der Waals surface area contributed by atoms with Gasteiger partial charge in [-0.2, -0.15) is 0 Å². The first-order chi connectivity index (χ1) is 9.50. The second-order valence-corrected chi connectivity index (χ2v) is 4.97. The van der Waals surface area contributed by atoms with Crippen LogP contribution in [0.5, 0.6) is 5.75 Å². The zero-order chi connectivity index (χ0) is 14.7. The van der Waals surface area contributed by atoms with E-state index in [1.165, 1.54) is 6.92 Å². The molecule has 0 aliphatic rings. The maximum absolute atomic E-state index is 13.6. The second kappa shape index (κ2) is 6.00. The molecular weight excluding hydrogens is 329 g/mol. The van der Waals surface area contributed by atoms with Crippen molar-refractivity contribution in [3.05, 3.63) is 67.9 Å². The molecular formula is C14H11BrFNO3. The summed E-state index contributed by atoms with van der Waals surface area (Å²) in [5.41, 5.74) is 0.755. The molecule has 0 saturated heterocycles. The minimum absolute atomic E-state index is 0.0396. The first-order valence-electron chi connectivity index (χ1n) is 5.80. The van der Waals surface area contributed by atoms with E-state index in [1.807, 2.05) is 30.3 Å². The van der Waals surface area contributed by atoms with Crippen molar-refractivity contribution in [2.45, 2.75) is 13.5 Å². The summed E-state index contributed by atoms with van der Waals surface area (Å²) >= 11 is 3.15. The zero-order valence-corrected chi connectivity index (χ0v) is 12.2. The first kappa shape index (κ1) is 14.5. The van der Waals surface area contributed by atoms with Crippen LogP contribution in [0.1, 0.15) is 11.1 Å². The highest BCUT2D eigenvalue weighted by Gasteiger charge is 2.23. The standard InChI is InChI=1S/C14H11BrFNO3/c1-9-11(16)7-12(17(18)19)14(13(9)15)20-8-10-5-3-2-4-6-10/h2-7H,8H2,1H3. The summed E-state index contributed by atoms with van der Waals surface area (Å²) in [4.78, 5) is 10.3. The summed E-state index contributed by atoms with van der Waals surface area (Å²) in [5, 5.41) is 11.0. The molecule has 0 unspecified atom stereocenters. The lowest BCUT2D eigenvalue weighted by Crippen LogP contribution is -2.02. The Bertz CT molecular complexity index is 647. The van der Waals surface area contributed by atoms with E-state index in [2.05, 4.69) is 15.9 Å². The van der Waals surface area contributed by atoms with Crippen LogP contribution in [0.4, 0.5) is 10.1 Å². The summed E-state index contributed by atoms with van der Waals surface area (Å²) in [6.07, 6.45) is 0. The molecule has 2 rings (SSSR count). The average molecular weight is 340 g/mol. The van der Waals surface area contributed by atoms with Crippen LogP contribution in [0.2, 0.25) is 0 Å². The van der Waals surface area contributed by atoms with Crippen LogP contribution in [-0.2, 0) is 6.61 Å². The van der Waals surface area contributed by atoms with Crippen LogP contribution in [0.15, 0.2) is 40.9 Å². The second-order valence-electron chi connectivity index (χ2n) is 4.18. The number of nitro groups is 1. The van der Waals surface area contributed by atoms with Crippen LogP contribution >= 0.6 is 15.9 Å². The average Bonchev–Trinajstić information content (AvgIpc) is 2.44. The van der Waals surface area contributed by atoms with Crippen molar-refractivity contribution in [2.24, 2.45) is 0 Å². The van der Waals surface area contributed by atoms with Gasteiger partial charge in [-0.3, -0.25) is 10.1 Å². The lowest BCUT2D eigenvalue weighted by atomic mass is 10.2. The molecule has 0 aliphatic heterocycles. The number of halogens is 2. The summed E-state index contributed by atoms with van der Waals surface area (Å²) in [6, 6.07) is 10.1. The van der Waals surface area contributed by atoms with Crippen molar-refractivity contribution >= 4 is 21.6 Å². The van der Waals surface area contributed by atoms with E-state index in [-0.39, 0.29) is 22.4 Å². The van der Waals surface area contributed by atoms with Gasteiger partial charge in [0.2, 0.25) is 5.75 Å². The van der Waals surface area contributed by atoms with Crippen molar-refractivity contribution in [3.63, 3.8) is 0 Å². The summed E-state index contributed by atoms with van der Waals surface area (Å²) in [6.45, 7) is 1.70. The topological polar surface area (TPSA) is 52.4 Å². The molecule has 6 heteroatoms. The molecule has 0 saturated carbocycles. The van der Waals surface area contributed by atoms with Gasteiger partial charge in [-0.1, -0.05) is 30.3 Å². The van der Waals surface area contributed by atoms with E-state index < -0.39 is 16.4 Å². The molecule has 0 aliphatic carbocycles. The fourth-order valence-corrected chi connectivity index (χ4v) is 2.19. The quantitative estimate of drug-likeness (QED) is 0.613. The van der Waals surface area contributed by atoms with Crippen LogP contribution in [0, 0.1) is 22.9 Å². The van der Waals surface area contributed by atoms with E-state index in [1.54, 1.807) is 0 Å². The third kappa shape index (κ3) is 2.96. The molecule has 0 heterocycles. The highest BCUT2D eigenvalue weighted by atomic mass is 79.9. The number of hydrogen-bond acceptors (Lipinski definition) is 3. The molecule has 4 nitrogen and oxygen atoms in total. The summed E-state index contributed by atoms with van der Waals surface area (Å²) in [5.74, 6) is -0.603. The van der Waals surface area contributed by atoms with E-state index >= 15 is 0 Å². The zero-order valence-electron chi connectivity index (χ0n) is 10.6. The van der Waals surface area contributed by atoms with Crippen LogP contribution in [-0.4, -0.2) is 4.92 Å². The van der Waals surface area contributed by atoms with E-state index in [0.29, 0.717) is 0 Å². The predicted octanol–water partition coefficient (Wildman–Crippen LogP) is 4.38. The number of nitro benzene ring substituents is 1. The SMILES string of the molecule is Cc1c(F)cc([N+](=O)[O-])c(OCc2ccccc2)c1Br. The first-order valence-corrected chi connectivity index (χ1v) is 6.59. The van der Waals surface area contributed by atoms with E-state index in [4.69, 9.17) is 4.74 Å². The Morgan fingerprint density at radius 2 is 2.00 bits per heavy atom. The van der Waals surface area contributed by atoms with Gasteiger partial charge in [-0.25, -0.2) is 4.39 Å². The molecule has 0 spiro atoms. The highest BCUT2D eigenvalue weighted by molar-refractivity contribution is 9.10. The number of rotatable bonds is 4. The lowest BCUT2D eigenvalue weighted by molar-refractivity contribution is -0.386. The Balaban J connectivity index is 2.35. The fourth-order valence-electron chi connectivity index (χ4n) is 1.68. The monoisotopic (exact) mass is 339 g/mol. The number of benzene rings is 2. The Hall–Kier alpha value is -1.95. The Labute approximate surface area is 123 Å². The molecule has 0 aromatic heterocycles. The Morgan fingerprint density at radius 3 is 2.60 bits per heavy atom. The minimum Gasteiger partial charge on any atom is -0.481 e. The van der Waals surface area contributed by atoms with Gasteiger partial charge in [0.25, 0.3) is 0 Å². The molecule has 0 bridgehead atoms. The van der Waals surface area contributed by atoms with Gasteiger partial charge in [0.05, 0.1) is 15.5 Å². The molecule has 2 aromatic carbocycles. The number of hydrogen-bond donors (Lipinski definition) is 0. The lowest BCUT2D eigenvalue weighted by Gasteiger charge is -2.11. The van der Waals surface area contributed by atoms with Crippen molar-refractivity contribution in [3.8, 4) is 5.75 Å². The van der Waals surface area contributed by atoms with Crippen LogP contribution in [0.3, 0.4) is 0 Å². The summed E-state index contributed by atoms with van der Waals surface area (Å²) in [7, 11) is 0. The van der Waals surface area contributed by atoms with Crippen molar-refractivity contribution in [1.82, 2.24) is 0 Å². The molecule has 0 amide bonds. The molecule has 0 N–H and O–H groups in total. The maximum Gasteiger partial charge on any atom is 0.315 e. The van der Waals surface area contributed by atoms with Gasteiger partial charge in [0.1, 0.15) is 12.4 Å². The number of ether oxygens (including phenoxy) is 1. The van der Waals surface area contributed by atoms with E-state index in [0.717, 1.165) is 11.6 Å². The molecule has 2 aromatic rings. The van der Waals surface area contributed by atoms with Gasteiger partial charge < -0.3 is 4.74 Å². The normalized spacial score (nSPS) is 10.3. The van der Waals surface area contributed by atoms with E-state index in [9.17, 15) is 14.5 Å². The molecule has 20 heavy (non-hydrogen) atoms. The van der Waals surface area contributed by atoms with Crippen LogP contribution < -0.4 is 4.74 Å². The van der Waals surface area contributed by atoms with Gasteiger partial charge in [-0.15, -0.1) is 0 Å². The fraction of sp³-hybridized carbons (Fsp3) is 0.143. The molecule has 0 atom stereocenters. The third-order valence-corrected chi connectivity index (χ3v) is 3.76. The van der Waals surface area contributed by atoms with Gasteiger partial charge in [-0.05, 0) is 28.4 Å². The van der Waals surface area contributed by atoms with Crippen molar-refractivity contribution in [2.75, 3.05) is 0 Å². The minimum atomic E-state index is -0.659. The number of nitrogens with zero attached hydrogens (tertiary/aromatic N) is 1. The smallest absolute Gasteiger partial charge is 0.315 e. The Kier molecular flexibility index (Phi) is 4.34. The largest absolute Gasteiger partial charge is 0.481 e. The summed E-state index contributed by atoms with van der Waals surface area (Å²) < 4.78 is 19.3. The Morgan fingerprint density at radius 1 is 1.35 bits per heavy atom. The van der Waals surface area contributed by atoms with Crippen molar-refractivity contribution < 1.29 is 14.1 Å². The molecule has 0 fully saturated rings. The highest BCUT2D eigenvalue weighted by Crippen LogP contribution is 2.39. The van der Waals surface area contributed by atoms with Crippen molar-refractivity contribution in [1.29, 1.82) is 0 Å².